The van der Waals surface area contributed by atoms with E-state index >= 15 is 0 Å². The molecule has 7 heteroatoms. The first-order valence-corrected chi connectivity index (χ1v) is 11.3. The zero-order valence-corrected chi connectivity index (χ0v) is 18.1. The number of hydrogen-bond donors (Lipinski definition) is 1. The molecule has 1 N–H and O–H groups in total. The highest BCUT2D eigenvalue weighted by molar-refractivity contribution is 7.99. The number of thioether (sulfide) groups is 1. The van der Waals surface area contributed by atoms with Crippen molar-refractivity contribution in [3.05, 3.63) is 102 Å². The summed E-state index contributed by atoms with van der Waals surface area (Å²) in [4.78, 5) is 12.3. The molecular formula is C25H22FN3O2S. The van der Waals surface area contributed by atoms with Gasteiger partial charge in [-0.25, -0.2) is 4.39 Å². The van der Waals surface area contributed by atoms with E-state index in [9.17, 15) is 9.18 Å². The molecule has 162 valence electrons. The summed E-state index contributed by atoms with van der Waals surface area (Å²) in [5.74, 6) is -0.123. The van der Waals surface area contributed by atoms with Gasteiger partial charge < -0.3 is 9.73 Å². The number of nitrogens with one attached hydrogen (secondary N) is 1. The number of amides is 1. The summed E-state index contributed by atoms with van der Waals surface area (Å²) in [6.45, 7) is 0.540. The molecule has 1 heterocycles. The van der Waals surface area contributed by atoms with E-state index in [1.165, 1.54) is 17.2 Å². The number of carbonyl (C=O) groups excluding carboxylic acids is 1. The van der Waals surface area contributed by atoms with E-state index in [0.717, 1.165) is 18.2 Å². The molecule has 0 aliphatic carbocycles. The summed E-state index contributed by atoms with van der Waals surface area (Å²) in [7, 11) is 0. The van der Waals surface area contributed by atoms with Crippen molar-refractivity contribution in [1.29, 1.82) is 0 Å². The average Bonchev–Trinajstić information content (AvgIpc) is 3.31. The number of aromatic nitrogens is 2. The number of carbonyl (C=O) groups is 1. The first kappa shape index (κ1) is 21.8. The van der Waals surface area contributed by atoms with Gasteiger partial charge in [0.15, 0.2) is 0 Å². The molecule has 32 heavy (non-hydrogen) atoms. The highest BCUT2D eigenvalue weighted by Crippen LogP contribution is 2.28. The first-order valence-electron chi connectivity index (χ1n) is 10.3. The molecule has 0 aliphatic rings. The van der Waals surface area contributed by atoms with Crippen LogP contribution in [0.15, 0.2) is 94.6 Å². The molecule has 0 bridgehead atoms. The van der Waals surface area contributed by atoms with Gasteiger partial charge >= 0.3 is 0 Å². The summed E-state index contributed by atoms with van der Waals surface area (Å²) < 4.78 is 19.3. The second kappa shape index (κ2) is 10.7. The van der Waals surface area contributed by atoms with Crippen LogP contribution in [0.3, 0.4) is 0 Å². The molecule has 0 aliphatic heterocycles. The fourth-order valence-electron chi connectivity index (χ4n) is 3.44. The van der Waals surface area contributed by atoms with Gasteiger partial charge in [0, 0.05) is 12.5 Å². The van der Waals surface area contributed by atoms with Crippen LogP contribution in [0, 0.1) is 5.82 Å². The predicted octanol–water partition coefficient (Wildman–Crippen LogP) is 5.31. The van der Waals surface area contributed by atoms with Crippen molar-refractivity contribution < 1.29 is 13.6 Å². The molecule has 0 saturated carbocycles. The minimum atomic E-state index is -0.433. The van der Waals surface area contributed by atoms with Crippen LogP contribution in [-0.2, 0) is 4.79 Å². The van der Waals surface area contributed by atoms with Crippen molar-refractivity contribution >= 4 is 17.7 Å². The Morgan fingerprint density at radius 1 is 0.906 bits per heavy atom. The zero-order chi connectivity index (χ0) is 22.2. The molecule has 0 spiro atoms. The third-order valence-electron chi connectivity index (χ3n) is 5.00. The minimum Gasteiger partial charge on any atom is -0.411 e. The fourth-order valence-corrected chi connectivity index (χ4v) is 4.04. The van der Waals surface area contributed by atoms with E-state index in [1.807, 2.05) is 36.4 Å². The molecular weight excluding hydrogens is 425 g/mol. The molecule has 0 saturated heterocycles. The van der Waals surface area contributed by atoms with Crippen molar-refractivity contribution in [2.75, 3.05) is 12.3 Å². The molecule has 0 radical (unpaired) electrons. The quantitative estimate of drug-likeness (QED) is 0.352. The number of benzene rings is 3. The van der Waals surface area contributed by atoms with Gasteiger partial charge in [-0.05, 0) is 29.7 Å². The first-order chi connectivity index (χ1) is 15.7. The lowest BCUT2D eigenvalue weighted by Gasteiger charge is -2.18. The lowest BCUT2D eigenvalue weighted by Crippen LogP contribution is -2.27. The van der Waals surface area contributed by atoms with E-state index in [0.29, 0.717) is 6.54 Å². The monoisotopic (exact) mass is 447 g/mol. The average molecular weight is 448 g/mol. The largest absolute Gasteiger partial charge is 0.411 e. The normalized spacial score (nSPS) is 10.9. The topological polar surface area (TPSA) is 68.0 Å². The van der Waals surface area contributed by atoms with Gasteiger partial charge in [-0.15, -0.1) is 10.2 Å². The Kier molecular flexibility index (Phi) is 7.30. The lowest BCUT2D eigenvalue weighted by molar-refractivity contribution is -0.118. The van der Waals surface area contributed by atoms with E-state index < -0.39 is 5.82 Å². The van der Waals surface area contributed by atoms with Gasteiger partial charge in [0.1, 0.15) is 5.82 Å². The summed E-state index contributed by atoms with van der Waals surface area (Å²) in [6, 6.07) is 26.7. The van der Waals surface area contributed by atoms with Gasteiger partial charge in [0.05, 0.1) is 11.3 Å². The highest BCUT2D eigenvalue weighted by atomic mass is 32.2. The van der Waals surface area contributed by atoms with Gasteiger partial charge in [-0.3, -0.25) is 4.79 Å². The van der Waals surface area contributed by atoms with Crippen LogP contribution in [0.1, 0.15) is 23.5 Å². The summed E-state index contributed by atoms with van der Waals surface area (Å²) in [5.41, 5.74) is 2.67. The smallest absolute Gasteiger partial charge is 0.277 e. The van der Waals surface area contributed by atoms with Gasteiger partial charge in [-0.1, -0.05) is 84.6 Å². The Bertz CT molecular complexity index is 1110. The number of halogens is 1. The Morgan fingerprint density at radius 3 is 2.19 bits per heavy atom. The van der Waals surface area contributed by atoms with Crippen LogP contribution in [0.25, 0.3) is 11.5 Å². The predicted molar refractivity (Wildman–Crippen MR) is 123 cm³/mol. The molecule has 1 aromatic heterocycles. The van der Waals surface area contributed by atoms with Crippen molar-refractivity contribution in [3.8, 4) is 11.5 Å². The number of nitrogens with zero attached hydrogens (tertiary/aromatic N) is 2. The molecule has 5 nitrogen and oxygen atoms in total. The molecule has 1 amide bonds. The van der Waals surface area contributed by atoms with Crippen LogP contribution in [0.2, 0.25) is 0 Å². The summed E-state index contributed by atoms with van der Waals surface area (Å²) in [6.07, 6.45) is 0.780. The van der Waals surface area contributed by atoms with E-state index in [4.69, 9.17) is 4.42 Å². The second-order valence-corrected chi connectivity index (χ2v) is 8.08. The van der Waals surface area contributed by atoms with Crippen LogP contribution < -0.4 is 5.32 Å². The maximum Gasteiger partial charge on any atom is 0.277 e. The summed E-state index contributed by atoms with van der Waals surface area (Å²) in [5, 5.41) is 10.9. The van der Waals surface area contributed by atoms with Crippen molar-refractivity contribution in [3.63, 3.8) is 0 Å². The Labute approximate surface area is 190 Å². The minimum absolute atomic E-state index is 0.0968. The highest BCUT2D eigenvalue weighted by Gasteiger charge is 2.16. The van der Waals surface area contributed by atoms with E-state index in [1.54, 1.807) is 18.2 Å². The third-order valence-corrected chi connectivity index (χ3v) is 5.81. The maximum atomic E-state index is 13.8. The zero-order valence-electron chi connectivity index (χ0n) is 17.3. The maximum absolute atomic E-state index is 13.8. The number of hydrogen-bond acceptors (Lipinski definition) is 5. The standard InChI is InChI=1S/C25H22FN3O2S/c26-22-14-8-7-13-21(22)24-28-29-25(31-24)32-17-23(30)27-16-15-20(18-9-3-1-4-10-18)19-11-5-2-6-12-19/h1-14,20H,15-17H2,(H,27,30). The van der Waals surface area contributed by atoms with Crippen LogP contribution in [0.4, 0.5) is 4.39 Å². The van der Waals surface area contributed by atoms with E-state index in [2.05, 4.69) is 39.8 Å². The Balaban J connectivity index is 1.30. The second-order valence-electron chi connectivity index (χ2n) is 7.15. The van der Waals surface area contributed by atoms with Crippen LogP contribution in [0.5, 0.6) is 0 Å². The SMILES string of the molecule is O=C(CSc1nnc(-c2ccccc2F)o1)NCCC(c1ccccc1)c1ccccc1. The molecule has 0 fully saturated rings. The van der Waals surface area contributed by atoms with Crippen molar-refractivity contribution in [1.82, 2.24) is 15.5 Å². The number of rotatable bonds is 9. The molecule has 4 rings (SSSR count). The third kappa shape index (κ3) is 5.62. The Hall–Kier alpha value is -3.45. The Morgan fingerprint density at radius 2 is 1.53 bits per heavy atom. The van der Waals surface area contributed by atoms with Gasteiger partial charge in [0.2, 0.25) is 5.91 Å². The van der Waals surface area contributed by atoms with Crippen LogP contribution in [-0.4, -0.2) is 28.4 Å². The molecule has 4 aromatic rings. The van der Waals surface area contributed by atoms with Crippen LogP contribution >= 0.6 is 11.8 Å². The van der Waals surface area contributed by atoms with Crippen molar-refractivity contribution in [2.45, 2.75) is 17.6 Å². The van der Waals surface area contributed by atoms with Gasteiger partial charge in [-0.2, -0.15) is 0 Å². The van der Waals surface area contributed by atoms with E-state index in [-0.39, 0.29) is 34.3 Å². The molecule has 3 aromatic carbocycles. The molecule has 0 unspecified atom stereocenters. The summed E-state index contributed by atoms with van der Waals surface area (Å²) >= 11 is 1.13. The molecule has 0 atom stereocenters. The lowest BCUT2D eigenvalue weighted by atomic mass is 9.88. The van der Waals surface area contributed by atoms with Crippen molar-refractivity contribution in [2.24, 2.45) is 0 Å². The fraction of sp³-hybridized carbons (Fsp3) is 0.160. The van der Waals surface area contributed by atoms with Gasteiger partial charge in [0.25, 0.3) is 11.1 Å².